The average molecular weight is 283 g/mol. The van der Waals surface area contributed by atoms with Gasteiger partial charge in [0.25, 0.3) is 0 Å². The molecule has 1 heterocycles. The van der Waals surface area contributed by atoms with E-state index in [1.165, 1.54) is 37.1 Å². The molecule has 1 rings (SSSR count). The quantitative estimate of drug-likeness (QED) is 0.701. The van der Waals surface area contributed by atoms with Crippen LogP contribution in [0.25, 0.3) is 0 Å². The van der Waals surface area contributed by atoms with Crippen molar-refractivity contribution in [3.63, 3.8) is 0 Å². The van der Waals surface area contributed by atoms with Gasteiger partial charge in [-0.15, -0.1) is 0 Å². The number of aryl methyl sites for hydroxylation is 1. The van der Waals surface area contributed by atoms with E-state index >= 15 is 0 Å². The van der Waals surface area contributed by atoms with Crippen molar-refractivity contribution in [3.05, 3.63) is 18.2 Å². The monoisotopic (exact) mass is 283 g/mol. The maximum absolute atomic E-state index is 4.27. The minimum atomic E-state index is 0.160. The van der Waals surface area contributed by atoms with Crippen molar-refractivity contribution in [3.8, 4) is 0 Å². The van der Waals surface area contributed by atoms with Crippen LogP contribution in [-0.4, -0.2) is 27.1 Å². The summed E-state index contributed by atoms with van der Waals surface area (Å²) in [4.78, 5) is 4.27. The molecule has 4 heteroatoms. The van der Waals surface area contributed by atoms with Crippen molar-refractivity contribution in [2.45, 2.75) is 65.1 Å². The van der Waals surface area contributed by atoms with Crippen molar-refractivity contribution in [1.29, 1.82) is 0 Å². The number of thioether (sulfide) groups is 1. The molecule has 0 aromatic carbocycles. The molecule has 0 radical (unpaired) electrons. The number of aromatic nitrogens is 2. The molecule has 0 saturated carbocycles. The molecule has 0 unspecified atom stereocenters. The van der Waals surface area contributed by atoms with Crippen LogP contribution in [0.1, 0.15) is 52.1 Å². The van der Waals surface area contributed by atoms with E-state index in [1.807, 2.05) is 24.3 Å². The van der Waals surface area contributed by atoms with Gasteiger partial charge in [-0.25, -0.2) is 4.98 Å². The van der Waals surface area contributed by atoms with Crippen LogP contribution in [0.5, 0.6) is 0 Å². The van der Waals surface area contributed by atoms with Crippen molar-refractivity contribution in [2.24, 2.45) is 0 Å². The van der Waals surface area contributed by atoms with Gasteiger partial charge >= 0.3 is 0 Å². The number of hydrogen-bond acceptors (Lipinski definition) is 3. The zero-order valence-electron chi connectivity index (χ0n) is 12.9. The maximum atomic E-state index is 4.27. The Balaban J connectivity index is 2.25. The highest BCUT2D eigenvalue weighted by Crippen LogP contribution is 2.09. The molecule has 0 spiro atoms. The summed E-state index contributed by atoms with van der Waals surface area (Å²) in [5.41, 5.74) is 1.45. The van der Waals surface area contributed by atoms with Crippen LogP contribution in [-0.2, 0) is 13.1 Å². The van der Waals surface area contributed by atoms with Crippen molar-refractivity contribution in [1.82, 2.24) is 14.9 Å². The number of unbranched alkanes of at least 4 members (excludes halogenated alkanes) is 3. The minimum Gasteiger partial charge on any atom is -0.333 e. The minimum absolute atomic E-state index is 0.160. The highest BCUT2D eigenvalue weighted by Gasteiger charge is 2.10. The summed E-state index contributed by atoms with van der Waals surface area (Å²) in [7, 11) is 0. The number of nitrogens with zero attached hydrogens (tertiary/aromatic N) is 2. The molecule has 110 valence electrons. The average Bonchev–Trinajstić information content (AvgIpc) is 2.78. The molecule has 0 aliphatic heterocycles. The second kappa shape index (κ2) is 8.64. The Morgan fingerprint density at radius 2 is 1.95 bits per heavy atom. The van der Waals surface area contributed by atoms with Crippen LogP contribution in [0.3, 0.4) is 0 Å². The van der Waals surface area contributed by atoms with Crippen molar-refractivity contribution < 1.29 is 0 Å². The zero-order valence-corrected chi connectivity index (χ0v) is 13.7. The van der Waals surface area contributed by atoms with Gasteiger partial charge in [0.2, 0.25) is 0 Å². The first kappa shape index (κ1) is 16.6. The van der Waals surface area contributed by atoms with Gasteiger partial charge in [0.15, 0.2) is 0 Å². The summed E-state index contributed by atoms with van der Waals surface area (Å²) in [5.74, 6) is 1.30. The van der Waals surface area contributed by atoms with Crippen molar-refractivity contribution in [2.75, 3.05) is 12.0 Å². The Kier molecular flexibility index (Phi) is 7.54. The zero-order chi connectivity index (χ0) is 14.1. The fraction of sp³-hybridized carbons (Fsp3) is 0.800. The summed E-state index contributed by atoms with van der Waals surface area (Å²) in [5, 5.41) is 3.52. The highest BCUT2D eigenvalue weighted by atomic mass is 32.2. The summed E-state index contributed by atoms with van der Waals surface area (Å²) in [6.45, 7) is 8.58. The van der Waals surface area contributed by atoms with Crippen LogP contribution < -0.4 is 5.32 Å². The van der Waals surface area contributed by atoms with Crippen LogP contribution >= 0.6 is 11.8 Å². The topological polar surface area (TPSA) is 29.9 Å². The normalized spacial score (nSPS) is 12.0. The summed E-state index contributed by atoms with van der Waals surface area (Å²) in [6.07, 6.45) is 11.4. The van der Waals surface area contributed by atoms with Gasteiger partial charge in [0.05, 0.1) is 12.0 Å². The van der Waals surface area contributed by atoms with Gasteiger partial charge in [-0.1, -0.05) is 12.8 Å². The molecule has 1 aromatic rings. The van der Waals surface area contributed by atoms with E-state index in [0.29, 0.717) is 0 Å². The maximum Gasteiger partial charge on any atom is 0.0948 e. The molecule has 0 aliphatic rings. The number of imidazole rings is 1. The molecule has 0 aliphatic carbocycles. The van der Waals surface area contributed by atoms with E-state index in [9.17, 15) is 0 Å². The lowest BCUT2D eigenvalue weighted by molar-refractivity contribution is 0.414. The number of rotatable bonds is 9. The Hall–Kier alpha value is -0.480. The lowest BCUT2D eigenvalue weighted by atomic mass is 10.1. The van der Waals surface area contributed by atoms with E-state index in [0.717, 1.165) is 13.1 Å². The SMILES string of the molecule is CSCCCCCCn1cncc1CNC(C)(C)C. The second-order valence-electron chi connectivity index (χ2n) is 6.09. The van der Waals surface area contributed by atoms with Gasteiger partial charge in [-0.2, -0.15) is 11.8 Å². The van der Waals surface area contributed by atoms with Gasteiger partial charge < -0.3 is 9.88 Å². The van der Waals surface area contributed by atoms with E-state index in [2.05, 4.69) is 41.9 Å². The first-order valence-electron chi connectivity index (χ1n) is 7.26. The van der Waals surface area contributed by atoms with Gasteiger partial charge in [0.1, 0.15) is 0 Å². The highest BCUT2D eigenvalue weighted by molar-refractivity contribution is 7.98. The Morgan fingerprint density at radius 1 is 1.21 bits per heavy atom. The Labute approximate surface area is 122 Å². The molecular weight excluding hydrogens is 254 g/mol. The van der Waals surface area contributed by atoms with Crippen LogP contribution in [0.2, 0.25) is 0 Å². The lowest BCUT2D eigenvalue weighted by Gasteiger charge is -2.21. The molecule has 0 atom stereocenters. The van der Waals surface area contributed by atoms with E-state index in [1.54, 1.807) is 0 Å². The first-order valence-corrected chi connectivity index (χ1v) is 8.65. The van der Waals surface area contributed by atoms with E-state index < -0.39 is 0 Å². The molecule has 1 aromatic heterocycles. The molecule has 0 bridgehead atoms. The number of nitrogens with one attached hydrogen (secondary N) is 1. The molecule has 0 amide bonds. The molecular formula is C15H29N3S. The summed E-state index contributed by atoms with van der Waals surface area (Å²) < 4.78 is 2.29. The van der Waals surface area contributed by atoms with E-state index in [4.69, 9.17) is 0 Å². The van der Waals surface area contributed by atoms with Gasteiger partial charge in [-0.05, 0) is 45.6 Å². The van der Waals surface area contributed by atoms with Crippen LogP contribution in [0.15, 0.2) is 12.5 Å². The second-order valence-corrected chi connectivity index (χ2v) is 7.07. The fourth-order valence-electron chi connectivity index (χ4n) is 1.93. The summed E-state index contributed by atoms with van der Waals surface area (Å²) >= 11 is 1.95. The largest absolute Gasteiger partial charge is 0.333 e. The first-order chi connectivity index (χ1) is 9.03. The molecule has 19 heavy (non-hydrogen) atoms. The summed E-state index contributed by atoms with van der Waals surface area (Å²) in [6, 6.07) is 0. The molecule has 0 fully saturated rings. The predicted molar refractivity (Wildman–Crippen MR) is 85.7 cm³/mol. The van der Waals surface area contributed by atoms with Crippen molar-refractivity contribution >= 4 is 11.8 Å². The smallest absolute Gasteiger partial charge is 0.0948 e. The fourth-order valence-corrected chi connectivity index (χ4v) is 2.43. The third-order valence-electron chi connectivity index (χ3n) is 3.10. The third-order valence-corrected chi connectivity index (χ3v) is 3.79. The standard InChI is InChI=1S/C15H29N3S/c1-15(2,3)17-12-14-11-16-13-18(14)9-7-5-6-8-10-19-4/h11,13,17H,5-10,12H2,1-4H3. The number of hydrogen-bond donors (Lipinski definition) is 1. The molecule has 1 N–H and O–H groups in total. The molecule has 0 saturated heterocycles. The van der Waals surface area contributed by atoms with Gasteiger partial charge in [0, 0.05) is 24.8 Å². The Morgan fingerprint density at radius 3 is 2.63 bits per heavy atom. The van der Waals surface area contributed by atoms with E-state index in [-0.39, 0.29) is 5.54 Å². The molecule has 3 nitrogen and oxygen atoms in total. The third kappa shape index (κ3) is 7.63. The van der Waals surface area contributed by atoms with Crippen LogP contribution in [0.4, 0.5) is 0 Å². The lowest BCUT2D eigenvalue weighted by Crippen LogP contribution is -2.35. The predicted octanol–water partition coefficient (Wildman–Crippen LogP) is 3.69. The van der Waals surface area contributed by atoms with Gasteiger partial charge in [-0.3, -0.25) is 0 Å². The Bertz CT molecular complexity index is 341. The van der Waals surface area contributed by atoms with Crippen LogP contribution in [0, 0.1) is 0 Å².